The molecule has 0 radical (unpaired) electrons. The summed E-state index contributed by atoms with van der Waals surface area (Å²) in [5.74, 6) is 0.850. The zero-order chi connectivity index (χ0) is 15.6. The highest BCUT2D eigenvalue weighted by molar-refractivity contribution is 7.09. The van der Waals surface area contributed by atoms with Gasteiger partial charge in [0.2, 0.25) is 0 Å². The maximum atomic E-state index is 6.02. The fourth-order valence-corrected chi connectivity index (χ4v) is 2.95. The molecule has 114 valence electrons. The van der Waals surface area contributed by atoms with E-state index in [1.54, 1.807) is 11.3 Å². The van der Waals surface area contributed by atoms with Crippen molar-refractivity contribution in [1.29, 1.82) is 0 Å². The standard InChI is InChI=1S/C17H24N2OS/c1-11-6-7-14(13(8-11)12(2)18)20-9-16-19-15(10-21-16)17(3,4)5/h6-8,10,12H,9,18H2,1-5H3. The van der Waals surface area contributed by atoms with Gasteiger partial charge in [-0.2, -0.15) is 0 Å². The number of aryl methyl sites for hydroxylation is 1. The number of aromatic nitrogens is 1. The summed E-state index contributed by atoms with van der Waals surface area (Å²) in [6, 6.07) is 6.08. The van der Waals surface area contributed by atoms with Crippen molar-refractivity contribution in [1.82, 2.24) is 4.98 Å². The fraction of sp³-hybridized carbons (Fsp3) is 0.471. The molecule has 1 unspecified atom stereocenters. The van der Waals surface area contributed by atoms with Crippen molar-refractivity contribution in [3.8, 4) is 5.75 Å². The average molecular weight is 304 g/mol. The van der Waals surface area contributed by atoms with Gasteiger partial charge in [-0.05, 0) is 19.9 Å². The molecule has 2 rings (SSSR count). The molecule has 21 heavy (non-hydrogen) atoms. The highest BCUT2D eigenvalue weighted by Gasteiger charge is 2.17. The van der Waals surface area contributed by atoms with E-state index >= 15 is 0 Å². The van der Waals surface area contributed by atoms with Crippen LogP contribution in [0.2, 0.25) is 0 Å². The molecule has 0 saturated heterocycles. The van der Waals surface area contributed by atoms with Crippen LogP contribution in [0.3, 0.4) is 0 Å². The van der Waals surface area contributed by atoms with Gasteiger partial charge in [-0.1, -0.05) is 38.5 Å². The molecule has 0 fully saturated rings. The number of rotatable bonds is 4. The van der Waals surface area contributed by atoms with E-state index in [1.807, 2.05) is 19.1 Å². The van der Waals surface area contributed by atoms with Crippen LogP contribution in [0.5, 0.6) is 5.75 Å². The first-order valence-electron chi connectivity index (χ1n) is 7.21. The normalized spacial score (nSPS) is 13.2. The summed E-state index contributed by atoms with van der Waals surface area (Å²) >= 11 is 1.65. The summed E-state index contributed by atoms with van der Waals surface area (Å²) < 4.78 is 5.93. The van der Waals surface area contributed by atoms with Crippen molar-refractivity contribution in [3.05, 3.63) is 45.4 Å². The van der Waals surface area contributed by atoms with Gasteiger partial charge in [0.1, 0.15) is 17.4 Å². The molecule has 1 heterocycles. The van der Waals surface area contributed by atoms with E-state index in [0.717, 1.165) is 22.0 Å². The Morgan fingerprint density at radius 3 is 2.62 bits per heavy atom. The van der Waals surface area contributed by atoms with Gasteiger partial charge in [-0.3, -0.25) is 0 Å². The first-order chi connectivity index (χ1) is 9.77. The van der Waals surface area contributed by atoms with Crippen molar-refractivity contribution in [2.24, 2.45) is 5.73 Å². The quantitative estimate of drug-likeness (QED) is 0.913. The van der Waals surface area contributed by atoms with E-state index in [0.29, 0.717) is 6.61 Å². The van der Waals surface area contributed by atoms with E-state index in [9.17, 15) is 0 Å². The molecule has 0 spiro atoms. The summed E-state index contributed by atoms with van der Waals surface area (Å²) in [5, 5.41) is 3.11. The molecule has 0 aliphatic rings. The number of nitrogens with zero attached hydrogens (tertiary/aromatic N) is 1. The van der Waals surface area contributed by atoms with Crippen molar-refractivity contribution >= 4 is 11.3 Å². The van der Waals surface area contributed by atoms with Crippen LogP contribution in [-0.4, -0.2) is 4.98 Å². The minimum Gasteiger partial charge on any atom is -0.486 e. The third-order valence-corrected chi connectivity index (χ3v) is 4.15. The second-order valence-corrected chi connectivity index (χ2v) is 7.44. The highest BCUT2D eigenvalue weighted by Crippen LogP contribution is 2.28. The molecule has 0 bridgehead atoms. The largest absolute Gasteiger partial charge is 0.486 e. The van der Waals surface area contributed by atoms with Crippen LogP contribution in [0.1, 0.15) is 55.6 Å². The lowest BCUT2D eigenvalue weighted by Crippen LogP contribution is -2.12. The molecule has 0 amide bonds. The Labute approximate surface area is 131 Å². The van der Waals surface area contributed by atoms with Crippen LogP contribution >= 0.6 is 11.3 Å². The van der Waals surface area contributed by atoms with Gasteiger partial charge in [0.05, 0.1) is 5.69 Å². The summed E-state index contributed by atoms with van der Waals surface area (Å²) in [4.78, 5) is 4.65. The van der Waals surface area contributed by atoms with Crippen LogP contribution in [0.4, 0.5) is 0 Å². The first-order valence-corrected chi connectivity index (χ1v) is 8.09. The molecule has 4 heteroatoms. The molecule has 1 aromatic carbocycles. The number of nitrogens with two attached hydrogens (primary N) is 1. The van der Waals surface area contributed by atoms with Gasteiger partial charge in [0.25, 0.3) is 0 Å². The molecule has 0 aliphatic heterocycles. The van der Waals surface area contributed by atoms with Crippen LogP contribution in [0, 0.1) is 6.92 Å². The molecule has 1 atom stereocenters. The number of hydrogen-bond donors (Lipinski definition) is 1. The molecular weight excluding hydrogens is 280 g/mol. The predicted octanol–water partition coefficient (Wildman–Crippen LogP) is 4.35. The minimum absolute atomic E-state index is 0.0404. The van der Waals surface area contributed by atoms with Crippen LogP contribution < -0.4 is 10.5 Å². The third kappa shape index (κ3) is 4.05. The van der Waals surface area contributed by atoms with Gasteiger partial charge in [0.15, 0.2) is 0 Å². The Kier molecular flexibility index (Phi) is 4.69. The van der Waals surface area contributed by atoms with Crippen LogP contribution in [-0.2, 0) is 12.0 Å². The van der Waals surface area contributed by atoms with Crippen molar-refractivity contribution in [2.45, 2.75) is 52.7 Å². The number of thiazole rings is 1. The minimum atomic E-state index is -0.0404. The molecular formula is C17H24N2OS. The maximum Gasteiger partial charge on any atom is 0.140 e. The highest BCUT2D eigenvalue weighted by atomic mass is 32.1. The van der Waals surface area contributed by atoms with Crippen molar-refractivity contribution in [2.75, 3.05) is 0 Å². The zero-order valence-electron chi connectivity index (χ0n) is 13.4. The van der Waals surface area contributed by atoms with E-state index in [-0.39, 0.29) is 11.5 Å². The smallest absolute Gasteiger partial charge is 0.140 e. The van der Waals surface area contributed by atoms with Crippen LogP contribution in [0.25, 0.3) is 0 Å². The van der Waals surface area contributed by atoms with E-state index < -0.39 is 0 Å². The zero-order valence-corrected chi connectivity index (χ0v) is 14.3. The lowest BCUT2D eigenvalue weighted by molar-refractivity contribution is 0.300. The Hall–Kier alpha value is -1.39. The van der Waals surface area contributed by atoms with E-state index in [1.165, 1.54) is 5.56 Å². The average Bonchev–Trinajstić information content (AvgIpc) is 2.85. The first kappa shape index (κ1) is 16.0. The lowest BCUT2D eigenvalue weighted by Gasteiger charge is -2.15. The molecule has 3 nitrogen and oxygen atoms in total. The summed E-state index contributed by atoms with van der Waals surface area (Å²) in [5.41, 5.74) is 9.45. The summed E-state index contributed by atoms with van der Waals surface area (Å²) in [6.07, 6.45) is 0. The summed E-state index contributed by atoms with van der Waals surface area (Å²) in [6.45, 7) is 11.0. The van der Waals surface area contributed by atoms with Crippen molar-refractivity contribution in [3.63, 3.8) is 0 Å². The lowest BCUT2D eigenvalue weighted by atomic mass is 9.93. The maximum absolute atomic E-state index is 6.02. The van der Waals surface area contributed by atoms with Crippen LogP contribution in [0.15, 0.2) is 23.6 Å². The van der Waals surface area contributed by atoms with Gasteiger partial charge in [-0.25, -0.2) is 4.98 Å². The van der Waals surface area contributed by atoms with Gasteiger partial charge in [-0.15, -0.1) is 11.3 Å². The molecule has 2 aromatic rings. The SMILES string of the molecule is Cc1ccc(OCc2nc(C(C)(C)C)cs2)c(C(C)N)c1. The Bertz CT molecular complexity index is 611. The fourth-order valence-electron chi connectivity index (χ4n) is 2.02. The molecule has 2 N–H and O–H groups in total. The van der Waals surface area contributed by atoms with E-state index in [2.05, 4.69) is 44.1 Å². The van der Waals surface area contributed by atoms with Gasteiger partial charge >= 0.3 is 0 Å². The van der Waals surface area contributed by atoms with Crippen molar-refractivity contribution < 1.29 is 4.74 Å². The second-order valence-electron chi connectivity index (χ2n) is 6.50. The Morgan fingerprint density at radius 2 is 2.05 bits per heavy atom. The second kappa shape index (κ2) is 6.16. The Morgan fingerprint density at radius 1 is 1.33 bits per heavy atom. The number of benzene rings is 1. The summed E-state index contributed by atoms with van der Waals surface area (Å²) in [7, 11) is 0. The topological polar surface area (TPSA) is 48.1 Å². The molecule has 0 aliphatic carbocycles. The van der Waals surface area contributed by atoms with Gasteiger partial charge < -0.3 is 10.5 Å². The molecule has 1 aromatic heterocycles. The predicted molar refractivity (Wildman–Crippen MR) is 88.9 cm³/mol. The monoisotopic (exact) mass is 304 g/mol. The van der Waals surface area contributed by atoms with E-state index in [4.69, 9.17) is 10.5 Å². The number of ether oxygens (including phenoxy) is 1. The number of hydrogen-bond acceptors (Lipinski definition) is 4. The third-order valence-electron chi connectivity index (χ3n) is 3.33. The van der Waals surface area contributed by atoms with Gasteiger partial charge in [0, 0.05) is 22.4 Å². The Balaban J connectivity index is 2.12. The molecule has 0 saturated carbocycles.